The van der Waals surface area contributed by atoms with Crippen LogP contribution < -0.4 is 10.2 Å². The zero-order valence-corrected chi connectivity index (χ0v) is 11.8. The molecule has 0 aliphatic rings. The normalized spacial score (nSPS) is 10.8. The number of anilines is 2. The molecule has 102 valence electrons. The van der Waals surface area contributed by atoms with Gasteiger partial charge in [-0.3, -0.25) is 0 Å². The van der Waals surface area contributed by atoms with Crippen molar-refractivity contribution in [2.24, 2.45) is 0 Å². The first-order valence-corrected chi connectivity index (χ1v) is 6.55. The Labute approximate surface area is 109 Å². The summed E-state index contributed by atoms with van der Waals surface area (Å²) in [6.07, 6.45) is 2.87. The molecule has 0 fully saturated rings. The van der Waals surface area contributed by atoms with Gasteiger partial charge in [-0.2, -0.15) is 4.98 Å². The van der Waals surface area contributed by atoms with Crippen LogP contribution in [0.2, 0.25) is 0 Å². The second kappa shape index (κ2) is 7.16. The van der Waals surface area contributed by atoms with Gasteiger partial charge in [0.1, 0.15) is 5.82 Å². The third-order valence-electron chi connectivity index (χ3n) is 2.71. The first-order valence-electron chi connectivity index (χ1n) is 6.55. The minimum absolute atomic E-state index is 0.124. The van der Waals surface area contributed by atoms with Gasteiger partial charge in [-0.05, 0) is 27.2 Å². The Kier molecular flexibility index (Phi) is 5.85. The number of nitrogens with zero attached hydrogens (tertiary/aromatic N) is 3. The van der Waals surface area contributed by atoms with E-state index in [0.717, 1.165) is 24.3 Å². The second-order valence-corrected chi connectivity index (χ2v) is 4.64. The average molecular weight is 252 g/mol. The van der Waals surface area contributed by atoms with Gasteiger partial charge >= 0.3 is 0 Å². The van der Waals surface area contributed by atoms with Crippen LogP contribution >= 0.6 is 0 Å². The molecule has 1 rings (SSSR count). The number of aliphatic hydroxyl groups excluding tert-OH is 1. The van der Waals surface area contributed by atoms with Crippen molar-refractivity contribution in [2.45, 2.75) is 40.2 Å². The molecule has 0 aromatic carbocycles. The van der Waals surface area contributed by atoms with Gasteiger partial charge in [-0.1, -0.05) is 6.92 Å². The predicted octanol–water partition coefficient (Wildman–Crippen LogP) is 1.81. The highest BCUT2D eigenvalue weighted by Gasteiger charge is 2.15. The molecule has 0 saturated carbocycles. The molecule has 0 aliphatic heterocycles. The van der Waals surface area contributed by atoms with Crippen LogP contribution in [0.5, 0.6) is 0 Å². The topological polar surface area (TPSA) is 61.3 Å². The highest BCUT2D eigenvalue weighted by molar-refractivity contribution is 5.49. The SMILES string of the molecule is CCCNc1ncc(C)c(N(CCO)C(C)C)n1. The molecule has 0 amide bonds. The zero-order chi connectivity index (χ0) is 13.5. The molecule has 5 heteroatoms. The lowest BCUT2D eigenvalue weighted by atomic mass is 10.2. The number of aromatic nitrogens is 2. The Morgan fingerprint density at radius 3 is 2.72 bits per heavy atom. The van der Waals surface area contributed by atoms with Crippen molar-refractivity contribution in [3.05, 3.63) is 11.8 Å². The maximum Gasteiger partial charge on any atom is 0.224 e. The molecule has 1 aromatic rings. The summed E-state index contributed by atoms with van der Waals surface area (Å²) < 4.78 is 0. The minimum atomic E-state index is 0.124. The van der Waals surface area contributed by atoms with Gasteiger partial charge < -0.3 is 15.3 Å². The Balaban J connectivity index is 2.96. The van der Waals surface area contributed by atoms with E-state index >= 15 is 0 Å². The van der Waals surface area contributed by atoms with Gasteiger partial charge in [0.2, 0.25) is 5.95 Å². The molecule has 0 bridgehead atoms. The molecule has 0 aliphatic carbocycles. The first-order chi connectivity index (χ1) is 8.60. The van der Waals surface area contributed by atoms with Crippen LogP contribution in [0.3, 0.4) is 0 Å². The van der Waals surface area contributed by atoms with E-state index in [1.807, 2.05) is 13.1 Å². The van der Waals surface area contributed by atoms with Gasteiger partial charge in [-0.15, -0.1) is 0 Å². The molecule has 5 nitrogen and oxygen atoms in total. The molecule has 1 heterocycles. The maximum atomic E-state index is 9.15. The molecular formula is C13H24N4O. The van der Waals surface area contributed by atoms with Crippen molar-refractivity contribution in [1.82, 2.24) is 9.97 Å². The van der Waals surface area contributed by atoms with Crippen molar-refractivity contribution >= 4 is 11.8 Å². The zero-order valence-electron chi connectivity index (χ0n) is 11.8. The fourth-order valence-corrected chi connectivity index (χ4v) is 1.76. The third-order valence-corrected chi connectivity index (χ3v) is 2.71. The lowest BCUT2D eigenvalue weighted by Gasteiger charge is -2.28. The van der Waals surface area contributed by atoms with Crippen LogP contribution in [-0.4, -0.2) is 40.8 Å². The number of aliphatic hydroxyl groups is 1. The van der Waals surface area contributed by atoms with E-state index in [0.29, 0.717) is 18.5 Å². The van der Waals surface area contributed by atoms with Crippen LogP contribution in [0, 0.1) is 6.92 Å². The Morgan fingerprint density at radius 2 is 2.17 bits per heavy atom. The number of rotatable bonds is 7. The minimum Gasteiger partial charge on any atom is -0.395 e. The van der Waals surface area contributed by atoms with E-state index in [1.54, 1.807) is 0 Å². The molecule has 0 saturated heterocycles. The van der Waals surface area contributed by atoms with Crippen LogP contribution in [0.1, 0.15) is 32.8 Å². The average Bonchev–Trinajstić information content (AvgIpc) is 2.35. The van der Waals surface area contributed by atoms with Crippen molar-refractivity contribution in [3.8, 4) is 0 Å². The van der Waals surface area contributed by atoms with Crippen molar-refractivity contribution < 1.29 is 5.11 Å². The summed E-state index contributed by atoms with van der Waals surface area (Å²) in [4.78, 5) is 10.9. The predicted molar refractivity (Wildman–Crippen MR) is 75.1 cm³/mol. The first kappa shape index (κ1) is 14.7. The highest BCUT2D eigenvalue weighted by atomic mass is 16.3. The number of hydrogen-bond donors (Lipinski definition) is 2. The molecule has 2 N–H and O–H groups in total. The molecule has 0 radical (unpaired) electrons. The van der Waals surface area contributed by atoms with Crippen molar-refractivity contribution in [2.75, 3.05) is 29.9 Å². The fraction of sp³-hybridized carbons (Fsp3) is 0.692. The van der Waals surface area contributed by atoms with Gasteiger partial charge in [0.15, 0.2) is 0 Å². The highest BCUT2D eigenvalue weighted by Crippen LogP contribution is 2.19. The number of nitrogens with one attached hydrogen (secondary N) is 1. The summed E-state index contributed by atoms with van der Waals surface area (Å²) in [5, 5.41) is 12.3. The molecule has 0 atom stereocenters. The standard InChI is InChI=1S/C13H24N4O/c1-5-6-14-13-15-9-11(4)12(16-13)17(7-8-18)10(2)3/h9-10,18H,5-8H2,1-4H3,(H,14,15,16). The number of aryl methyl sites for hydroxylation is 1. The lowest BCUT2D eigenvalue weighted by Crippen LogP contribution is -2.35. The van der Waals surface area contributed by atoms with E-state index in [4.69, 9.17) is 5.11 Å². The smallest absolute Gasteiger partial charge is 0.224 e. The Bertz CT molecular complexity index is 368. The third kappa shape index (κ3) is 3.84. The lowest BCUT2D eigenvalue weighted by molar-refractivity contribution is 0.298. The summed E-state index contributed by atoms with van der Waals surface area (Å²) in [6, 6.07) is 0.296. The van der Waals surface area contributed by atoms with Crippen LogP contribution in [0.15, 0.2) is 6.20 Å². The van der Waals surface area contributed by atoms with Crippen LogP contribution in [0.25, 0.3) is 0 Å². The van der Waals surface area contributed by atoms with Crippen molar-refractivity contribution in [3.63, 3.8) is 0 Å². The summed E-state index contributed by atoms with van der Waals surface area (Å²) in [5.41, 5.74) is 1.03. The number of hydrogen-bond acceptors (Lipinski definition) is 5. The Hall–Kier alpha value is -1.36. The quantitative estimate of drug-likeness (QED) is 0.775. The second-order valence-electron chi connectivity index (χ2n) is 4.64. The molecule has 1 aromatic heterocycles. The van der Waals surface area contributed by atoms with E-state index in [9.17, 15) is 0 Å². The monoisotopic (exact) mass is 252 g/mol. The fourth-order valence-electron chi connectivity index (χ4n) is 1.76. The summed E-state index contributed by atoms with van der Waals surface area (Å²) in [5.74, 6) is 1.55. The molecular weight excluding hydrogens is 228 g/mol. The van der Waals surface area contributed by atoms with Gasteiger partial charge in [0, 0.05) is 30.9 Å². The van der Waals surface area contributed by atoms with Crippen LogP contribution in [-0.2, 0) is 0 Å². The summed E-state index contributed by atoms with van der Waals surface area (Å²) >= 11 is 0. The largest absolute Gasteiger partial charge is 0.395 e. The van der Waals surface area contributed by atoms with E-state index < -0.39 is 0 Å². The summed E-state index contributed by atoms with van der Waals surface area (Å²) in [6.45, 7) is 9.86. The van der Waals surface area contributed by atoms with Crippen LogP contribution in [0.4, 0.5) is 11.8 Å². The van der Waals surface area contributed by atoms with E-state index in [2.05, 4.69) is 41.0 Å². The van der Waals surface area contributed by atoms with E-state index in [1.165, 1.54) is 0 Å². The van der Waals surface area contributed by atoms with Crippen molar-refractivity contribution in [1.29, 1.82) is 0 Å². The molecule has 0 unspecified atom stereocenters. The summed E-state index contributed by atoms with van der Waals surface area (Å²) in [7, 11) is 0. The van der Waals surface area contributed by atoms with Gasteiger partial charge in [-0.25, -0.2) is 4.98 Å². The molecule has 18 heavy (non-hydrogen) atoms. The van der Waals surface area contributed by atoms with Gasteiger partial charge in [0.05, 0.1) is 6.61 Å². The molecule has 0 spiro atoms. The van der Waals surface area contributed by atoms with E-state index in [-0.39, 0.29) is 6.61 Å². The van der Waals surface area contributed by atoms with Gasteiger partial charge in [0.25, 0.3) is 0 Å². The maximum absolute atomic E-state index is 9.15. The Morgan fingerprint density at radius 1 is 1.44 bits per heavy atom.